The van der Waals surface area contributed by atoms with Crippen molar-refractivity contribution in [2.45, 2.75) is 6.92 Å². The number of para-hydroxylation sites is 1. The lowest BCUT2D eigenvalue weighted by Gasteiger charge is -2.08. The maximum absolute atomic E-state index is 12.8. The third-order valence-electron chi connectivity index (χ3n) is 4.97. The van der Waals surface area contributed by atoms with Gasteiger partial charge in [-0.15, -0.1) is 0 Å². The highest BCUT2D eigenvalue weighted by molar-refractivity contribution is 6.14. The standard InChI is InChI=1S/C25H18O7/c1-2-28-17-8-9-18-21(13-17)31-23(24(18)26)11-15-5-3-4-6-19(15)32-25(27)16-7-10-20-22(12-16)30-14-29-20/h3-13H,2,14H2,1H3/b23-11-. The molecular weight excluding hydrogens is 412 g/mol. The summed E-state index contributed by atoms with van der Waals surface area (Å²) in [5.41, 5.74) is 1.30. The minimum absolute atomic E-state index is 0.118. The second kappa shape index (κ2) is 8.11. The van der Waals surface area contributed by atoms with Gasteiger partial charge in [0, 0.05) is 11.6 Å². The Morgan fingerprint density at radius 1 is 1.00 bits per heavy atom. The molecule has 0 radical (unpaired) electrons. The van der Waals surface area contributed by atoms with E-state index in [1.54, 1.807) is 66.7 Å². The summed E-state index contributed by atoms with van der Waals surface area (Å²) in [5.74, 6) is 1.75. The van der Waals surface area contributed by atoms with Crippen LogP contribution in [0.2, 0.25) is 0 Å². The van der Waals surface area contributed by atoms with E-state index in [-0.39, 0.29) is 18.3 Å². The van der Waals surface area contributed by atoms with Gasteiger partial charge in [0.1, 0.15) is 17.2 Å². The molecule has 0 saturated carbocycles. The summed E-state index contributed by atoms with van der Waals surface area (Å²) in [5, 5.41) is 0. The molecule has 0 bridgehead atoms. The van der Waals surface area contributed by atoms with E-state index in [2.05, 4.69) is 0 Å². The lowest BCUT2D eigenvalue weighted by molar-refractivity contribution is 0.0733. The van der Waals surface area contributed by atoms with Crippen LogP contribution in [0.15, 0.2) is 66.4 Å². The molecule has 160 valence electrons. The molecule has 7 heteroatoms. The molecule has 5 rings (SSSR count). The summed E-state index contributed by atoms with van der Waals surface area (Å²) in [6, 6.07) is 16.8. The van der Waals surface area contributed by atoms with Crippen molar-refractivity contribution in [3.63, 3.8) is 0 Å². The molecule has 0 amide bonds. The summed E-state index contributed by atoms with van der Waals surface area (Å²) in [4.78, 5) is 25.5. The normalized spacial score (nSPS) is 14.8. The van der Waals surface area contributed by atoms with Crippen LogP contribution in [-0.4, -0.2) is 25.2 Å². The van der Waals surface area contributed by atoms with Crippen LogP contribution in [0.5, 0.6) is 28.7 Å². The molecule has 0 unspecified atom stereocenters. The van der Waals surface area contributed by atoms with Gasteiger partial charge in [-0.3, -0.25) is 4.79 Å². The van der Waals surface area contributed by atoms with Gasteiger partial charge in [-0.25, -0.2) is 4.79 Å². The zero-order chi connectivity index (χ0) is 22.1. The zero-order valence-corrected chi connectivity index (χ0v) is 17.1. The highest BCUT2D eigenvalue weighted by Gasteiger charge is 2.28. The minimum atomic E-state index is -0.558. The smallest absolute Gasteiger partial charge is 0.343 e. The number of hydrogen-bond donors (Lipinski definition) is 0. The van der Waals surface area contributed by atoms with Gasteiger partial charge in [0.25, 0.3) is 0 Å². The van der Waals surface area contributed by atoms with Crippen LogP contribution in [0, 0.1) is 0 Å². The lowest BCUT2D eigenvalue weighted by atomic mass is 10.1. The molecule has 0 spiro atoms. The van der Waals surface area contributed by atoms with Crippen molar-refractivity contribution in [2.75, 3.05) is 13.4 Å². The van der Waals surface area contributed by atoms with E-state index >= 15 is 0 Å². The average molecular weight is 430 g/mol. The molecule has 0 N–H and O–H groups in total. The topological polar surface area (TPSA) is 80.3 Å². The van der Waals surface area contributed by atoms with E-state index in [9.17, 15) is 9.59 Å². The van der Waals surface area contributed by atoms with Crippen molar-refractivity contribution in [2.24, 2.45) is 0 Å². The van der Waals surface area contributed by atoms with E-state index in [1.807, 2.05) is 6.92 Å². The lowest BCUT2D eigenvalue weighted by Crippen LogP contribution is -2.09. The molecule has 0 aliphatic carbocycles. The second-order valence-corrected chi connectivity index (χ2v) is 7.03. The van der Waals surface area contributed by atoms with E-state index in [0.29, 0.717) is 52.0 Å². The quantitative estimate of drug-likeness (QED) is 0.331. The first-order valence-electron chi connectivity index (χ1n) is 10.0. The third kappa shape index (κ3) is 3.65. The molecule has 2 aliphatic rings. The van der Waals surface area contributed by atoms with Gasteiger partial charge in [0.15, 0.2) is 17.3 Å². The second-order valence-electron chi connectivity index (χ2n) is 7.03. The third-order valence-corrected chi connectivity index (χ3v) is 4.97. The number of carbonyl (C=O) groups is 2. The summed E-state index contributed by atoms with van der Waals surface area (Å²) in [6.07, 6.45) is 1.56. The van der Waals surface area contributed by atoms with Crippen LogP contribution < -0.4 is 23.7 Å². The number of carbonyl (C=O) groups excluding carboxylic acids is 2. The Morgan fingerprint density at radius 3 is 2.72 bits per heavy atom. The number of rotatable bonds is 5. The monoisotopic (exact) mass is 430 g/mol. The number of ketones is 1. The first kappa shape index (κ1) is 19.7. The summed E-state index contributed by atoms with van der Waals surface area (Å²) in [6.45, 7) is 2.51. The van der Waals surface area contributed by atoms with E-state index in [1.165, 1.54) is 0 Å². The van der Waals surface area contributed by atoms with Gasteiger partial charge >= 0.3 is 5.97 Å². The molecule has 2 aliphatic heterocycles. The predicted molar refractivity (Wildman–Crippen MR) is 115 cm³/mol. The number of ether oxygens (including phenoxy) is 5. The molecular formula is C25H18O7. The van der Waals surface area contributed by atoms with Crippen LogP contribution in [-0.2, 0) is 0 Å². The SMILES string of the molecule is CCOc1ccc2c(c1)O/C(=C\c1ccccc1OC(=O)c1ccc3c(c1)OCO3)C2=O. The summed E-state index contributed by atoms with van der Waals surface area (Å²) < 4.78 is 27.4. The van der Waals surface area contributed by atoms with Crippen LogP contribution in [0.25, 0.3) is 6.08 Å². The van der Waals surface area contributed by atoms with Crippen molar-refractivity contribution >= 4 is 17.8 Å². The molecule has 7 nitrogen and oxygen atoms in total. The summed E-state index contributed by atoms with van der Waals surface area (Å²) in [7, 11) is 0. The highest BCUT2D eigenvalue weighted by atomic mass is 16.7. The number of Topliss-reactive ketones (excluding diaryl/α,β-unsaturated/α-hetero) is 1. The molecule has 0 aromatic heterocycles. The van der Waals surface area contributed by atoms with E-state index < -0.39 is 5.97 Å². The van der Waals surface area contributed by atoms with Crippen LogP contribution in [0.1, 0.15) is 33.2 Å². The molecule has 0 atom stereocenters. The van der Waals surface area contributed by atoms with Gasteiger partial charge in [-0.05, 0) is 49.4 Å². The number of benzene rings is 3. The van der Waals surface area contributed by atoms with Crippen molar-refractivity contribution in [1.29, 1.82) is 0 Å². The first-order chi connectivity index (χ1) is 15.6. The molecule has 3 aromatic carbocycles. The van der Waals surface area contributed by atoms with Crippen molar-refractivity contribution in [3.05, 3.63) is 83.1 Å². The van der Waals surface area contributed by atoms with Crippen molar-refractivity contribution < 1.29 is 33.3 Å². The average Bonchev–Trinajstić information content (AvgIpc) is 3.39. The maximum atomic E-state index is 12.8. The largest absolute Gasteiger partial charge is 0.494 e. The Balaban J connectivity index is 1.39. The summed E-state index contributed by atoms with van der Waals surface area (Å²) >= 11 is 0. The number of hydrogen-bond acceptors (Lipinski definition) is 7. The first-order valence-corrected chi connectivity index (χ1v) is 10.0. The molecule has 0 saturated heterocycles. The zero-order valence-electron chi connectivity index (χ0n) is 17.1. The fourth-order valence-electron chi connectivity index (χ4n) is 3.44. The van der Waals surface area contributed by atoms with Gasteiger partial charge < -0.3 is 23.7 Å². The molecule has 2 heterocycles. The molecule has 3 aromatic rings. The number of fused-ring (bicyclic) bond motifs is 2. The van der Waals surface area contributed by atoms with Crippen molar-refractivity contribution in [3.8, 4) is 28.7 Å². The Bertz CT molecular complexity index is 1260. The molecule has 0 fully saturated rings. The Morgan fingerprint density at radius 2 is 1.84 bits per heavy atom. The van der Waals surface area contributed by atoms with Crippen LogP contribution in [0.4, 0.5) is 0 Å². The number of esters is 1. The predicted octanol–water partition coefficient (Wildman–Crippen LogP) is 4.65. The fraction of sp³-hybridized carbons (Fsp3) is 0.120. The highest BCUT2D eigenvalue weighted by Crippen LogP contribution is 2.36. The number of allylic oxidation sites excluding steroid dienone is 1. The Kier molecular flexibility index (Phi) is 4.99. The Labute approximate surface area is 183 Å². The van der Waals surface area contributed by atoms with Gasteiger partial charge in [0.05, 0.1) is 17.7 Å². The Hall–Kier alpha value is -4.26. The maximum Gasteiger partial charge on any atom is 0.343 e. The minimum Gasteiger partial charge on any atom is -0.494 e. The van der Waals surface area contributed by atoms with Crippen LogP contribution >= 0.6 is 0 Å². The van der Waals surface area contributed by atoms with E-state index in [4.69, 9.17) is 23.7 Å². The van der Waals surface area contributed by atoms with Gasteiger partial charge in [-0.2, -0.15) is 0 Å². The van der Waals surface area contributed by atoms with E-state index in [0.717, 1.165) is 0 Å². The van der Waals surface area contributed by atoms with Crippen LogP contribution in [0.3, 0.4) is 0 Å². The van der Waals surface area contributed by atoms with Gasteiger partial charge in [-0.1, -0.05) is 18.2 Å². The van der Waals surface area contributed by atoms with Gasteiger partial charge in [0.2, 0.25) is 12.6 Å². The van der Waals surface area contributed by atoms with Crippen molar-refractivity contribution in [1.82, 2.24) is 0 Å². The molecule has 32 heavy (non-hydrogen) atoms. The fourth-order valence-corrected chi connectivity index (χ4v) is 3.44.